The van der Waals surface area contributed by atoms with Crippen molar-refractivity contribution in [3.8, 4) is 5.75 Å². The molecular weight excluding hydrogens is 529 g/mol. The lowest BCUT2D eigenvalue weighted by Crippen LogP contribution is -2.11. The van der Waals surface area contributed by atoms with E-state index >= 15 is 0 Å². The largest absolute Gasteiger partial charge is 0.512 e. The van der Waals surface area contributed by atoms with Gasteiger partial charge in [0.25, 0.3) is 0 Å². The molecule has 0 radical (unpaired) electrons. The van der Waals surface area contributed by atoms with E-state index in [0.717, 1.165) is 21.7 Å². The molecule has 0 aliphatic carbocycles. The Morgan fingerprint density at radius 3 is 2.24 bits per heavy atom. The number of carboxylic acids is 1. The van der Waals surface area contributed by atoms with Crippen molar-refractivity contribution in [3.05, 3.63) is 98.7 Å². The molecule has 0 saturated heterocycles. The molecule has 37 heavy (non-hydrogen) atoms. The van der Waals surface area contributed by atoms with Crippen LogP contribution < -0.4 is 9.46 Å². The van der Waals surface area contributed by atoms with Crippen molar-refractivity contribution in [2.45, 2.75) is 45.9 Å². The van der Waals surface area contributed by atoms with E-state index in [1.807, 2.05) is 58.9 Å². The Morgan fingerprint density at radius 1 is 1.00 bits per heavy atom. The number of aliphatic hydroxyl groups excluding tert-OH is 1. The summed E-state index contributed by atoms with van der Waals surface area (Å²) in [4.78, 5) is 12.0. The Hall–Kier alpha value is -2.80. The van der Waals surface area contributed by atoms with Crippen molar-refractivity contribution in [1.29, 1.82) is 0 Å². The predicted molar refractivity (Wildman–Crippen MR) is 156 cm³/mol. The molecule has 0 atom stereocenters. The highest BCUT2D eigenvalue weighted by atomic mass is 35.5. The lowest BCUT2D eigenvalue weighted by Gasteiger charge is -2.17. The number of ether oxygens (including phenoxy) is 1. The van der Waals surface area contributed by atoms with E-state index in [-0.39, 0.29) is 23.8 Å². The predicted octanol–water partition coefficient (Wildman–Crippen LogP) is 9.24. The number of rotatable bonds is 10. The van der Waals surface area contributed by atoms with Crippen molar-refractivity contribution in [3.63, 3.8) is 0 Å². The third-order valence-corrected chi connectivity index (χ3v) is 6.85. The lowest BCUT2D eigenvalue weighted by atomic mass is 10.00. The van der Waals surface area contributed by atoms with Gasteiger partial charge in [0.2, 0.25) is 0 Å². The van der Waals surface area contributed by atoms with E-state index < -0.39 is 5.97 Å². The molecule has 3 aromatic carbocycles. The molecule has 3 aromatic rings. The number of hydrogen-bond donors (Lipinski definition) is 3. The minimum absolute atomic E-state index is 0.0696. The minimum atomic E-state index is -0.959. The summed E-state index contributed by atoms with van der Waals surface area (Å²) in [6.45, 7) is 9.97. The second kappa shape index (κ2) is 14.8. The molecule has 0 aliphatic heterocycles. The Bertz CT molecular complexity index is 1220. The van der Waals surface area contributed by atoms with Gasteiger partial charge in [-0.15, -0.1) is 0 Å². The van der Waals surface area contributed by atoms with E-state index in [1.165, 1.54) is 11.9 Å². The van der Waals surface area contributed by atoms with Gasteiger partial charge in [0.15, 0.2) is 0 Å². The Labute approximate surface area is 233 Å². The van der Waals surface area contributed by atoms with Gasteiger partial charge in [-0.2, -0.15) is 0 Å². The number of aliphatic hydroxyl groups is 1. The number of allylic oxidation sites excluding steroid dienone is 1. The summed E-state index contributed by atoms with van der Waals surface area (Å²) < 4.78 is 9.28. The molecule has 8 heteroatoms. The maximum absolute atomic E-state index is 11.2. The number of carboxylic acid groups (broad SMARTS) is 1. The summed E-state index contributed by atoms with van der Waals surface area (Å²) in [6, 6.07) is 17.7. The van der Waals surface area contributed by atoms with E-state index in [0.29, 0.717) is 27.8 Å². The topological polar surface area (TPSA) is 78.8 Å². The molecule has 3 rings (SSSR count). The first-order valence-corrected chi connectivity index (χ1v) is 13.6. The van der Waals surface area contributed by atoms with Gasteiger partial charge in [-0.1, -0.05) is 63.0 Å². The van der Waals surface area contributed by atoms with Gasteiger partial charge in [0.1, 0.15) is 12.4 Å². The molecule has 0 aromatic heterocycles. The summed E-state index contributed by atoms with van der Waals surface area (Å²) in [5.74, 6) is -0.111. The number of hydrogen-bond acceptors (Lipinski definition) is 5. The van der Waals surface area contributed by atoms with E-state index in [9.17, 15) is 9.90 Å². The van der Waals surface area contributed by atoms with Gasteiger partial charge in [0, 0.05) is 38.5 Å². The van der Waals surface area contributed by atoms with Gasteiger partial charge in [-0.3, -0.25) is 0 Å². The quantitative estimate of drug-likeness (QED) is 0.169. The number of halogens is 2. The number of aromatic carboxylic acids is 1. The molecule has 0 aliphatic rings. The zero-order chi connectivity index (χ0) is 27.5. The molecule has 198 valence electrons. The van der Waals surface area contributed by atoms with E-state index in [1.54, 1.807) is 36.4 Å². The molecule has 0 amide bonds. The van der Waals surface area contributed by atoms with Crippen molar-refractivity contribution < 1.29 is 19.7 Å². The fourth-order valence-electron chi connectivity index (χ4n) is 3.36. The first-order valence-electron chi connectivity index (χ1n) is 12.0. The Kier molecular flexibility index (Phi) is 12.2. The highest BCUT2D eigenvalue weighted by molar-refractivity contribution is 8.00. The summed E-state index contributed by atoms with van der Waals surface area (Å²) in [6.07, 6.45) is 0.382. The fourth-order valence-corrected chi connectivity index (χ4v) is 4.68. The summed E-state index contributed by atoms with van der Waals surface area (Å²) in [5, 5.41) is 21.0. The number of anilines is 1. The molecular formula is C29H33Cl2NO4S. The maximum Gasteiger partial charge on any atom is 0.335 e. The first-order chi connectivity index (χ1) is 17.7. The zero-order valence-corrected chi connectivity index (χ0v) is 24.0. The Balaban J connectivity index is 0.00000235. The average molecular weight is 563 g/mol. The van der Waals surface area contributed by atoms with E-state index in [4.69, 9.17) is 33.0 Å². The molecule has 0 unspecified atom stereocenters. The molecule has 0 saturated carbocycles. The fraction of sp³-hybridized carbons (Fsp3) is 0.276. The van der Waals surface area contributed by atoms with Gasteiger partial charge in [-0.25, -0.2) is 4.79 Å². The molecule has 0 bridgehead atoms. The van der Waals surface area contributed by atoms with Crippen LogP contribution in [-0.4, -0.2) is 22.8 Å². The second-order valence-electron chi connectivity index (χ2n) is 8.32. The van der Waals surface area contributed by atoms with Crippen molar-refractivity contribution >= 4 is 46.8 Å². The summed E-state index contributed by atoms with van der Waals surface area (Å²) >= 11 is 14.0. The molecule has 0 spiro atoms. The van der Waals surface area contributed by atoms with Crippen LogP contribution in [-0.2, 0) is 6.42 Å². The van der Waals surface area contributed by atoms with Crippen LogP contribution in [0.2, 0.25) is 10.0 Å². The lowest BCUT2D eigenvalue weighted by molar-refractivity contribution is 0.0696. The van der Waals surface area contributed by atoms with E-state index in [2.05, 4.69) is 4.72 Å². The second-order valence-corrected chi connectivity index (χ2v) is 10.0. The van der Waals surface area contributed by atoms with Crippen LogP contribution in [0.25, 0.3) is 0 Å². The van der Waals surface area contributed by atoms with Gasteiger partial charge >= 0.3 is 5.97 Å². The van der Waals surface area contributed by atoms with Gasteiger partial charge in [0.05, 0.1) is 11.3 Å². The molecule has 5 nitrogen and oxygen atoms in total. The third-order valence-electron chi connectivity index (χ3n) is 5.33. The van der Waals surface area contributed by atoms with Crippen LogP contribution in [0.5, 0.6) is 5.75 Å². The summed E-state index contributed by atoms with van der Waals surface area (Å²) in [7, 11) is 0. The first kappa shape index (κ1) is 30.4. The van der Waals surface area contributed by atoms with Gasteiger partial charge in [-0.05, 0) is 78.5 Å². The van der Waals surface area contributed by atoms with Crippen LogP contribution in [0, 0.1) is 12.8 Å². The smallest absolute Gasteiger partial charge is 0.335 e. The van der Waals surface area contributed by atoms with Crippen LogP contribution in [0.1, 0.15) is 49.2 Å². The van der Waals surface area contributed by atoms with Crippen LogP contribution in [0.15, 0.2) is 76.9 Å². The summed E-state index contributed by atoms with van der Waals surface area (Å²) in [5.41, 5.74) is 3.54. The monoisotopic (exact) mass is 561 g/mol. The average Bonchev–Trinajstić information content (AvgIpc) is 2.88. The SMILES string of the molecule is CC.Cc1cc(OC/C(Cc2c(Cl)cccc2Cl)=C(/O)C(C)C)ccc1NSc1cccc(C(=O)O)c1. The van der Waals surface area contributed by atoms with Crippen LogP contribution in [0.3, 0.4) is 0 Å². The minimum Gasteiger partial charge on any atom is -0.512 e. The highest BCUT2D eigenvalue weighted by Gasteiger charge is 2.16. The highest BCUT2D eigenvalue weighted by Crippen LogP contribution is 2.30. The number of benzene rings is 3. The maximum atomic E-state index is 11.2. The van der Waals surface area contributed by atoms with Crippen LogP contribution >= 0.6 is 35.1 Å². The standard InChI is InChI=1S/C27H27Cl2NO4S.C2H6/c1-16(2)26(31)19(14-22-23(28)8-5-9-24(22)29)15-34-20-10-11-25(17(3)12-20)30-35-21-7-4-6-18(13-21)27(32)33;1-2/h4-13,16,30-31H,14-15H2,1-3H3,(H,32,33);1-2H3/b26-19+;. The molecule has 0 heterocycles. The third kappa shape index (κ3) is 8.92. The molecule has 0 fully saturated rings. The number of aryl methyl sites for hydroxylation is 1. The number of carbonyl (C=O) groups is 1. The van der Waals surface area contributed by atoms with Crippen molar-refractivity contribution in [1.82, 2.24) is 0 Å². The van der Waals surface area contributed by atoms with Crippen molar-refractivity contribution in [2.75, 3.05) is 11.3 Å². The Morgan fingerprint density at radius 2 is 1.65 bits per heavy atom. The van der Waals surface area contributed by atoms with Gasteiger partial charge < -0.3 is 19.7 Å². The number of nitrogens with one attached hydrogen (secondary N) is 1. The normalized spacial score (nSPS) is 11.4. The van der Waals surface area contributed by atoms with Crippen LogP contribution in [0.4, 0.5) is 5.69 Å². The zero-order valence-electron chi connectivity index (χ0n) is 21.6. The molecule has 3 N–H and O–H groups in total. The van der Waals surface area contributed by atoms with Crippen molar-refractivity contribution in [2.24, 2.45) is 5.92 Å².